The van der Waals surface area contributed by atoms with E-state index in [-0.39, 0.29) is 0 Å². The van der Waals surface area contributed by atoms with Crippen LogP contribution in [0.4, 0.5) is 0 Å². The Morgan fingerprint density at radius 1 is 0.875 bits per heavy atom. The lowest BCUT2D eigenvalue weighted by Crippen LogP contribution is -1.75. The fourth-order valence-corrected chi connectivity index (χ4v) is 6.22. The summed E-state index contributed by atoms with van der Waals surface area (Å²) in [5, 5.41) is 2.29. The molecular formula is C21H18S3. The van der Waals surface area contributed by atoms with E-state index in [2.05, 4.69) is 74.7 Å². The Hall–Kier alpha value is -1.68. The highest BCUT2D eigenvalue weighted by atomic mass is 32.1. The van der Waals surface area contributed by atoms with E-state index >= 15 is 0 Å². The van der Waals surface area contributed by atoms with E-state index in [1.807, 2.05) is 34.0 Å². The van der Waals surface area contributed by atoms with E-state index in [9.17, 15) is 0 Å². The van der Waals surface area contributed by atoms with E-state index in [4.69, 9.17) is 0 Å². The van der Waals surface area contributed by atoms with E-state index in [0.717, 1.165) is 0 Å². The zero-order valence-electron chi connectivity index (χ0n) is 13.9. The van der Waals surface area contributed by atoms with Gasteiger partial charge in [-0.05, 0) is 44.0 Å². The molecular weight excluding hydrogens is 348 g/mol. The molecule has 0 atom stereocenters. The Morgan fingerprint density at radius 3 is 2.25 bits per heavy atom. The molecule has 0 aliphatic rings. The van der Waals surface area contributed by atoms with Crippen LogP contribution in [0.5, 0.6) is 0 Å². The third kappa shape index (κ3) is 2.77. The molecule has 3 aromatic heterocycles. The number of allylic oxidation sites excluding steroid dienone is 1. The number of thiophene rings is 3. The molecule has 0 radical (unpaired) electrons. The average molecular weight is 367 g/mol. The second-order valence-electron chi connectivity index (χ2n) is 5.94. The largest absolute Gasteiger partial charge is 0.148 e. The lowest BCUT2D eigenvalue weighted by molar-refractivity contribution is 1.48. The predicted octanol–water partition coefficient (Wildman–Crippen LogP) is 8.01. The molecule has 0 saturated carbocycles. The summed E-state index contributed by atoms with van der Waals surface area (Å²) in [7, 11) is 0. The number of fused-ring (bicyclic) bond motifs is 1. The summed E-state index contributed by atoms with van der Waals surface area (Å²) in [4.78, 5) is 4.13. The number of hydrogen-bond donors (Lipinski definition) is 0. The molecule has 0 amide bonds. The van der Waals surface area contributed by atoms with Gasteiger partial charge in [0.05, 0.1) is 0 Å². The third-order valence-corrected chi connectivity index (χ3v) is 7.47. The summed E-state index contributed by atoms with van der Waals surface area (Å²) in [6.45, 7) is 6.42. The van der Waals surface area contributed by atoms with Crippen LogP contribution in [0.2, 0.25) is 0 Å². The van der Waals surface area contributed by atoms with Crippen molar-refractivity contribution in [3.8, 4) is 20.9 Å². The monoisotopic (exact) mass is 366 g/mol. The van der Waals surface area contributed by atoms with Gasteiger partial charge >= 0.3 is 0 Å². The number of hydrogen-bond acceptors (Lipinski definition) is 3. The number of aryl methyl sites for hydroxylation is 2. The molecule has 0 saturated heterocycles. The van der Waals surface area contributed by atoms with Gasteiger partial charge in [0.1, 0.15) is 0 Å². The second-order valence-corrected chi connectivity index (χ2v) is 9.19. The Balaban J connectivity index is 1.76. The molecule has 0 bridgehead atoms. The fraction of sp³-hybridized carbons (Fsp3) is 0.143. The highest BCUT2D eigenvalue weighted by Crippen LogP contribution is 2.44. The first-order valence-electron chi connectivity index (χ1n) is 7.97. The van der Waals surface area contributed by atoms with Gasteiger partial charge in [-0.15, -0.1) is 34.0 Å². The molecule has 3 heteroatoms. The van der Waals surface area contributed by atoms with E-state index < -0.39 is 0 Å². The quantitative estimate of drug-likeness (QED) is 0.344. The van der Waals surface area contributed by atoms with Crippen molar-refractivity contribution in [1.82, 2.24) is 0 Å². The van der Waals surface area contributed by atoms with Crippen molar-refractivity contribution in [2.24, 2.45) is 0 Å². The van der Waals surface area contributed by atoms with Crippen LogP contribution in [0.3, 0.4) is 0 Å². The SMILES string of the molecule is C/C=C\c1c(-c2cc3sc(-c4ccc(C)cc4)cc3s2)csc1C. The van der Waals surface area contributed by atoms with Crippen LogP contribution in [0, 0.1) is 13.8 Å². The van der Waals surface area contributed by atoms with Gasteiger partial charge in [0, 0.05) is 35.0 Å². The molecule has 3 heterocycles. The fourth-order valence-electron chi connectivity index (χ4n) is 2.86. The zero-order valence-corrected chi connectivity index (χ0v) is 16.4. The Labute approximate surface area is 154 Å². The summed E-state index contributed by atoms with van der Waals surface area (Å²) in [5.74, 6) is 0. The van der Waals surface area contributed by atoms with Crippen LogP contribution in [0.25, 0.3) is 36.4 Å². The van der Waals surface area contributed by atoms with E-state index in [1.54, 1.807) is 0 Å². The summed E-state index contributed by atoms with van der Waals surface area (Å²) in [6.07, 6.45) is 4.36. The van der Waals surface area contributed by atoms with Crippen molar-refractivity contribution >= 4 is 49.5 Å². The molecule has 120 valence electrons. The molecule has 0 N–H and O–H groups in total. The van der Waals surface area contributed by atoms with Gasteiger partial charge in [-0.25, -0.2) is 0 Å². The molecule has 0 unspecified atom stereocenters. The highest BCUT2D eigenvalue weighted by molar-refractivity contribution is 7.31. The molecule has 4 rings (SSSR count). The van der Waals surface area contributed by atoms with Crippen molar-refractivity contribution in [2.75, 3.05) is 0 Å². The van der Waals surface area contributed by atoms with Crippen LogP contribution >= 0.6 is 34.0 Å². The molecule has 24 heavy (non-hydrogen) atoms. The normalized spacial score (nSPS) is 11.8. The first kappa shape index (κ1) is 15.8. The standard InChI is InChI=1S/C21H18S3/c1-4-5-16-14(3)22-12-17(16)19-11-21-20(24-19)10-18(23-21)15-8-6-13(2)7-9-15/h4-12H,1-3H3/b5-4-. The molecule has 0 nitrogen and oxygen atoms in total. The maximum atomic E-state index is 2.36. The van der Waals surface area contributed by atoms with E-state index in [0.29, 0.717) is 0 Å². The summed E-state index contributed by atoms with van der Waals surface area (Å²) in [5.41, 5.74) is 5.37. The molecule has 0 spiro atoms. The average Bonchev–Trinajstić information content (AvgIpc) is 3.22. The van der Waals surface area contributed by atoms with Crippen molar-refractivity contribution in [1.29, 1.82) is 0 Å². The Morgan fingerprint density at radius 2 is 1.54 bits per heavy atom. The zero-order chi connectivity index (χ0) is 16.7. The van der Waals surface area contributed by atoms with Gasteiger partial charge in [-0.1, -0.05) is 42.0 Å². The van der Waals surface area contributed by atoms with Crippen LogP contribution < -0.4 is 0 Å². The van der Waals surface area contributed by atoms with Gasteiger partial charge in [-0.3, -0.25) is 0 Å². The van der Waals surface area contributed by atoms with Crippen molar-refractivity contribution in [2.45, 2.75) is 20.8 Å². The van der Waals surface area contributed by atoms with Crippen molar-refractivity contribution < 1.29 is 0 Å². The third-order valence-electron chi connectivity index (χ3n) is 4.16. The second kappa shape index (κ2) is 6.32. The molecule has 0 aliphatic heterocycles. The molecule has 4 aromatic rings. The minimum absolute atomic E-state index is 1.31. The first-order valence-corrected chi connectivity index (χ1v) is 10.5. The summed E-state index contributed by atoms with van der Waals surface area (Å²) >= 11 is 5.64. The molecule has 0 aliphatic carbocycles. The minimum Gasteiger partial charge on any atom is -0.148 e. The van der Waals surface area contributed by atoms with Crippen molar-refractivity contribution in [3.05, 3.63) is 63.9 Å². The maximum Gasteiger partial charge on any atom is 0.0463 e. The van der Waals surface area contributed by atoms with Gasteiger partial charge in [0.2, 0.25) is 0 Å². The number of rotatable bonds is 3. The van der Waals surface area contributed by atoms with Gasteiger partial charge in [0.25, 0.3) is 0 Å². The molecule has 1 aromatic carbocycles. The Bertz CT molecular complexity index is 992. The minimum atomic E-state index is 1.31. The van der Waals surface area contributed by atoms with Crippen LogP contribution in [-0.4, -0.2) is 0 Å². The highest BCUT2D eigenvalue weighted by Gasteiger charge is 2.13. The van der Waals surface area contributed by atoms with Crippen LogP contribution in [0.15, 0.2) is 47.9 Å². The van der Waals surface area contributed by atoms with Crippen LogP contribution in [-0.2, 0) is 0 Å². The predicted molar refractivity (Wildman–Crippen MR) is 113 cm³/mol. The first-order chi connectivity index (χ1) is 11.7. The number of benzene rings is 1. The van der Waals surface area contributed by atoms with Crippen LogP contribution in [0.1, 0.15) is 22.9 Å². The summed E-state index contributed by atoms with van der Waals surface area (Å²) < 4.78 is 2.78. The van der Waals surface area contributed by atoms with Gasteiger partial charge in [0.15, 0.2) is 0 Å². The maximum absolute atomic E-state index is 2.36. The lowest BCUT2D eigenvalue weighted by Gasteiger charge is -1.98. The molecule has 0 fully saturated rings. The van der Waals surface area contributed by atoms with Crippen molar-refractivity contribution in [3.63, 3.8) is 0 Å². The Kier molecular flexibility index (Phi) is 4.17. The van der Waals surface area contributed by atoms with E-state index in [1.165, 1.54) is 46.3 Å². The topological polar surface area (TPSA) is 0 Å². The van der Waals surface area contributed by atoms with Gasteiger partial charge in [-0.2, -0.15) is 0 Å². The lowest BCUT2D eigenvalue weighted by atomic mass is 10.1. The van der Waals surface area contributed by atoms with Gasteiger partial charge < -0.3 is 0 Å². The summed E-state index contributed by atoms with van der Waals surface area (Å²) in [6, 6.07) is 13.5. The smallest absolute Gasteiger partial charge is 0.0463 e.